The Morgan fingerprint density at radius 3 is 2.75 bits per heavy atom. The average molecular weight is 280 g/mol. The van der Waals surface area contributed by atoms with E-state index in [4.69, 9.17) is 4.74 Å². The first kappa shape index (κ1) is 16.3. The van der Waals surface area contributed by atoms with Crippen molar-refractivity contribution in [3.63, 3.8) is 0 Å². The van der Waals surface area contributed by atoms with Gasteiger partial charge < -0.3 is 20.1 Å². The van der Waals surface area contributed by atoms with E-state index >= 15 is 0 Å². The van der Waals surface area contributed by atoms with Gasteiger partial charge in [-0.1, -0.05) is 6.07 Å². The summed E-state index contributed by atoms with van der Waals surface area (Å²) in [6, 6.07) is 7.82. The second-order valence-electron chi connectivity index (χ2n) is 5.11. The Bertz CT molecular complexity index is 450. The Labute approximate surface area is 120 Å². The highest BCUT2D eigenvalue weighted by atomic mass is 16.5. The summed E-state index contributed by atoms with van der Waals surface area (Å²) in [6.45, 7) is 2.50. The van der Waals surface area contributed by atoms with Crippen molar-refractivity contribution in [1.29, 1.82) is 0 Å². The SMILES string of the molecule is CNC(C)(CCCN(C)c1cccc(OC)c1)C(=O)O. The number of carboxylic acids is 1. The summed E-state index contributed by atoms with van der Waals surface area (Å²) in [5.41, 5.74) is 0.195. The van der Waals surface area contributed by atoms with E-state index in [0.717, 1.165) is 24.4 Å². The monoisotopic (exact) mass is 280 g/mol. The van der Waals surface area contributed by atoms with Crippen molar-refractivity contribution in [1.82, 2.24) is 5.32 Å². The van der Waals surface area contributed by atoms with Crippen LogP contribution in [0.4, 0.5) is 5.69 Å². The molecule has 1 aromatic carbocycles. The number of carbonyl (C=O) groups is 1. The van der Waals surface area contributed by atoms with Gasteiger partial charge in [0.2, 0.25) is 0 Å². The van der Waals surface area contributed by atoms with Crippen LogP contribution in [0.2, 0.25) is 0 Å². The molecule has 1 atom stereocenters. The summed E-state index contributed by atoms with van der Waals surface area (Å²) in [6.07, 6.45) is 1.37. The molecule has 0 bridgehead atoms. The van der Waals surface area contributed by atoms with Gasteiger partial charge in [0, 0.05) is 25.3 Å². The molecular weight excluding hydrogens is 256 g/mol. The van der Waals surface area contributed by atoms with E-state index in [1.165, 1.54) is 0 Å². The van der Waals surface area contributed by atoms with Gasteiger partial charge in [-0.2, -0.15) is 0 Å². The zero-order valence-electron chi connectivity index (χ0n) is 12.6. The van der Waals surface area contributed by atoms with Crippen molar-refractivity contribution in [2.75, 3.05) is 32.6 Å². The minimum Gasteiger partial charge on any atom is -0.497 e. The number of likely N-dealkylation sites (N-methyl/N-ethyl adjacent to an activating group) is 1. The predicted octanol–water partition coefficient (Wildman–Crippen LogP) is 1.97. The first-order valence-corrected chi connectivity index (χ1v) is 6.70. The molecule has 0 amide bonds. The van der Waals surface area contributed by atoms with Crippen LogP contribution in [0, 0.1) is 0 Å². The molecule has 0 aliphatic carbocycles. The van der Waals surface area contributed by atoms with Gasteiger partial charge in [0.1, 0.15) is 11.3 Å². The second-order valence-corrected chi connectivity index (χ2v) is 5.11. The number of nitrogens with zero attached hydrogens (tertiary/aromatic N) is 1. The first-order chi connectivity index (χ1) is 9.42. The molecule has 0 spiro atoms. The highest BCUT2D eigenvalue weighted by molar-refractivity contribution is 5.78. The lowest BCUT2D eigenvalue weighted by Crippen LogP contribution is -2.47. The van der Waals surface area contributed by atoms with Crippen molar-refractivity contribution in [2.24, 2.45) is 0 Å². The number of methoxy groups -OCH3 is 1. The van der Waals surface area contributed by atoms with Crippen LogP contribution in [0.15, 0.2) is 24.3 Å². The maximum absolute atomic E-state index is 11.2. The molecule has 0 saturated carbocycles. The zero-order valence-corrected chi connectivity index (χ0v) is 12.6. The first-order valence-electron chi connectivity index (χ1n) is 6.70. The smallest absolute Gasteiger partial charge is 0.323 e. The summed E-state index contributed by atoms with van der Waals surface area (Å²) in [5, 5.41) is 12.1. The number of hydrogen-bond donors (Lipinski definition) is 2. The molecule has 20 heavy (non-hydrogen) atoms. The fraction of sp³-hybridized carbons (Fsp3) is 0.533. The molecule has 0 aromatic heterocycles. The topological polar surface area (TPSA) is 61.8 Å². The fourth-order valence-corrected chi connectivity index (χ4v) is 1.99. The molecule has 5 nitrogen and oxygen atoms in total. The molecule has 0 aliphatic rings. The van der Waals surface area contributed by atoms with Crippen molar-refractivity contribution in [2.45, 2.75) is 25.3 Å². The van der Waals surface area contributed by atoms with E-state index in [1.807, 2.05) is 31.3 Å². The highest BCUT2D eigenvalue weighted by Gasteiger charge is 2.30. The largest absolute Gasteiger partial charge is 0.497 e. The van der Waals surface area contributed by atoms with Gasteiger partial charge in [-0.25, -0.2) is 0 Å². The van der Waals surface area contributed by atoms with Crippen LogP contribution >= 0.6 is 0 Å². The molecule has 0 saturated heterocycles. The van der Waals surface area contributed by atoms with Crippen molar-refractivity contribution < 1.29 is 14.6 Å². The van der Waals surface area contributed by atoms with Crippen molar-refractivity contribution in [3.05, 3.63) is 24.3 Å². The Kier molecular flexibility index (Phi) is 5.82. The van der Waals surface area contributed by atoms with Crippen LogP contribution in [-0.4, -0.2) is 44.4 Å². The zero-order chi connectivity index (χ0) is 15.2. The van der Waals surface area contributed by atoms with E-state index in [1.54, 1.807) is 21.1 Å². The van der Waals surface area contributed by atoms with E-state index in [-0.39, 0.29) is 0 Å². The van der Waals surface area contributed by atoms with Gasteiger partial charge in [0.25, 0.3) is 0 Å². The average Bonchev–Trinajstić information content (AvgIpc) is 2.46. The van der Waals surface area contributed by atoms with Crippen LogP contribution in [-0.2, 0) is 4.79 Å². The molecule has 1 aromatic rings. The third kappa shape index (κ3) is 4.13. The minimum absolute atomic E-state index is 0.577. The van der Waals surface area contributed by atoms with Crippen molar-refractivity contribution >= 4 is 11.7 Å². The predicted molar refractivity (Wildman–Crippen MR) is 80.6 cm³/mol. The Hall–Kier alpha value is -1.75. The van der Waals surface area contributed by atoms with Gasteiger partial charge >= 0.3 is 5.97 Å². The number of ether oxygens (including phenoxy) is 1. The number of benzene rings is 1. The van der Waals surface area contributed by atoms with E-state index < -0.39 is 11.5 Å². The van der Waals surface area contributed by atoms with Crippen LogP contribution in [0.5, 0.6) is 5.75 Å². The third-order valence-corrected chi connectivity index (χ3v) is 3.69. The second kappa shape index (κ2) is 7.14. The number of hydrogen-bond acceptors (Lipinski definition) is 4. The summed E-state index contributed by atoms with van der Waals surface area (Å²) in [7, 11) is 5.32. The van der Waals surface area contributed by atoms with Crippen LogP contribution < -0.4 is 15.0 Å². The maximum Gasteiger partial charge on any atom is 0.323 e. The van der Waals surface area contributed by atoms with Gasteiger partial charge in [0.15, 0.2) is 0 Å². The van der Waals surface area contributed by atoms with E-state index in [2.05, 4.69) is 10.2 Å². The number of anilines is 1. The standard InChI is InChI=1S/C15H24N2O3/c1-15(16-2,14(18)19)9-6-10-17(3)12-7-5-8-13(11-12)20-4/h5,7-8,11,16H,6,9-10H2,1-4H3,(H,18,19). The summed E-state index contributed by atoms with van der Waals surface area (Å²) >= 11 is 0. The number of carboxylic acid groups (broad SMARTS) is 1. The lowest BCUT2D eigenvalue weighted by molar-refractivity contribution is -0.144. The molecule has 0 aliphatic heterocycles. The lowest BCUT2D eigenvalue weighted by atomic mass is 9.96. The molecule has 1 unspecified atom stereocenters. The van der Waals surface area contributed by atoms with Gasteiger partial charge in [-0.15, -0.1) is 0 Å². The quantitative estimate of drug-likeness (QED) is 0.762. The fourth-order valence-electron chi connectivity index (χ4n) is 1.99. The van der Waals surface area contributed by atoms with Crippen LogP contribution in [0.3, 0.4) is 0 Å². The minimum atomic E-state index is -0.866. The lowest BCUT2D eigenvalue weighted by Gasteiger charge is -2.26. The van der Waals surface area contributed by atoms with Crippen LogP contribution in [0.25, 0.3) is 0 Å². The maximum atomic E-state index is 11.2. The molecule has 0 fully saturated rings. The molecule has 1 rings (SSSR count). The molecule has 2 N–H and O–H groups in total. The van der Waals surface area contributed by atoms with Crippen LogP contribution in [0.1, 0.15) is 19.8 Å². The third-order valence-electron chi connectivity index (χ3n) is 3.69. The molecule has 5 heteroatoms. The number of aliphatic carboxylic acids is 1. The molecule has 112 valence electrons. The van der Waals surface area contributed by atoms with E-state index in [9.17, 15) is 9.90 Å². The Morgan fingerprint density at radius 1 is 1.50 bits per heavy atom. The normalized spacial score (nSPS) is 13.6. The van der Waals surface area contributed by atoms with Gasteiger partial charge in [-0.05, 0) is 38.9 Å². The Balaban J connectivity index is 2.55. The molecule has 0 heterocycles. The molecular formula is C15H24N2O3. The van der Waals surface area contributed by atoms with E-state index in [0.29, 0.717) is 6.42 Å². The Morgan fingerprint density at radius 2 is 2.20 bits per heavy atom. The summed E-state index contributed by atoms with van der Waals surface area (Å²) in [5.74, 6) is 0.00369. The van der Waals surface area contributed by atoms with Crippen molar-refractivity contribution in [3.8, 4) is 5.75 Å². The van der Waals surface area contributed by atoms with Gasteiger partial charge in [0.05, 0.1) is 7.11 Å². The number of rotatable bonds is 8. The highest BCUT2D eigenvalue weighted by Crippen LogP contribution is 2.21. The summed E-state index contributed by atoms with van der Waals surface area (Å²) in [4.78, 5) is 13.3. The number of nitrogens with one attached hydrogen (secondary N) is 1. The van der Waals surface area contributed by atoms with Gasteiger partial charge in [-0.3, -0.25) is 4.79 Å². The molecule has 0 radical (unpaired) electrons. The summed E-state index contributed by atoms with van der Waals surface area (Å²) < 4.78 is 5.20.